The molecule has 0 bridgehead atoms. The number of hydrogen-bond donors (Lipinski definition) is 4. The van der Waals surface area contributed by atoms with Crippen molar-refractivity contribution in [1.29, 1.82) is 0 Å². The third-order valence-corrected chi connectivity index (χ3v) is 5.42. The minimum Gasteiger partial charge on any atom is -0.376 e. The Balaban J connectivity index is 1.45. The van der Waals surface area contributed by atoms with Crippen LogP contribution in [0.3, 0.4) is 0 Å². The average Bonchev–Trinajstić information content (AvgIpc) is 3.26. The van der Waals surface area contributed by atoms with Crippen molar-refractivity contribution in [1.82, 2.24) is 15.5 Å². The number of benzene rings is 1. The first-order valence-electron chi connectivity index (χ1n) is 11.0. The summed E-state index contributed by atoms with van der Waals surface area (Å²) in [6.07, 6.45) is 3.70. The standard InChI is InChI=1S/C22H33N5O4/c1-15(2)24-21(29)25-17-7-9-18(10-8-17)26-22(30)27-11-3-5-16(14-27)20(28)23-13-19-6-4-12-31-19/h7-10,15-16,19H,3-6,11-14H2,1-2H3,(H,23,28)(H,26,30)(H2,24,25,29)/t16-,19+/m1/s1. The molecule has 0 aliphatic carbocycles. The number of carbonyl (C=O) groups excluding carboxylic acids is 3. The molecule has 3 rings (SSSR count). The second kappa shape index (κ2) is 11.0. The molecule has 0 aromatic heterocycles. The number of ether oxygens (including phenoxy) is 1. The summed E-state index contributed by atoms with van der Waals surface area (Å²) >= 11 is 0. The van der Waals surface area contributed by atoms with Gasteiger partial charge in [-0.3, -0.25) is 4.79 Å². The van der Waals surface area contributed by atoms with Crippen LogP contribution < -0.4 is 21.3 Å². The largest absolute Gasteiger partial charge is 0.376 e. The fourth-order valence-corrected chi connectivity index (χ4v) is 3.81. The number of carbonyl (C=O) groups is 3. The zero-order chi connectivity index (χ0) is 22.2. The van der Waals surface area contributed by atoms with Gasteiger partial charge in [-0.05, 0) is 63.8 Å². The molecule has 1 aromatic carbocycles. The summed E-state index contributed by atoms with van der Waals surface area (Å²) in [6, 6.07) is 6.47. The average molecular weight is 432 g/mol. The quantitative estimate of drug-likeness (QED) is 0.555. The first-order chi connectivity index (χ1) is 14.9. The fourth-order valence-electron chi connectivity index (χ4n) is 3.81. The van der Waals surface area contributed by atoms with Crippen LogP contribution in [0, 0.1) is 5.92 Å². The summed E-state index contributed by atoms with van der Waals surface area (Å²) in [5.41, 5.74) is 1.27. The van der Waals surface area contributed by atoms with E-state index in [4.69, 9.17) is 4.74 Å². The molecule has 0 unspecified atom stereocenters. The Morgan fingerprint density at radius 3 is 2.42 bits per heavy atom. The van der Waals surface area contributed by atoms with Crippen LogP contribution in [0.15, 0.2) is 24.3 Å². The number of anilines is 2. The molecule has 9 nitrogen and oxygen atoms in total. The van der Waals surface area contributed by atoms with E-state index in [1.165, 1.54) is 0 Å². The molecular formula is C22H33N5O4. The highest BCUT2D eigenvalue weighted by molar-refractivity contribution is 5.92. The molecule has 2 fully saturated rings. The van der Waals surface area contributed by atoms with Gasteiger partial charge in [0.15, 0.2) is 0 Å². The minimum atomic E-state index is -0.274. The Bertz CT molecular complexity index is 762. The highest BCUT2D eigenvalue weighted by atomic mass is 16.5. The maximum absolute atomic E-state index is 12.7. The van der Waals surface area contributed by atoms with Crippen molar-refractivity contribution < 1.29 is 19.1 Å². The smallest absolute Gasteiger partial charge is 0.321 e. The van der Waals surface area contributed by atoms with Crippen LogP contribution in [-0.4, -0.2) is 61.3 Å². The van der Waals surface area contributed by atoms with E-state index in [-0.39, 0.29) is 36.0 Å². The fraction of sp³-hybridized carbons (Fsp3) is 0.591. The second-order valence-electron chi connectivity index (χ2n) is 8.43. The van der Waals surface area contributed by atoms with Crippen molar-refractivity contribution >= 4 is 29.3 Å². The maximum Gasteiger partial charge on any atom is 0.321 e. The van der Waals surface area contributed by atoms with Crippen LogP contribution in [-0.2, 0) is 9.53 Å². The zero-order valence-electron chi connectivity index (χ0n) is 18.3. The summed E-state index contributed by atoms with van der Waals surface area (Å²) in [4.78, 5) is 38.6. The first-order valence-corrected chi connectivity index (χ1v) is 11.0. The van der Waals surface area contributed by atoms with E-state index in [0.29, 0.717) is 31.0 Å². The number of hydrogen-bond acceptors (Lipinski definition) is 4. The van der Waals surface area contributed by atoms with Crippen LogP contribution in [0.1, 0.15) is 39.5 Å². The summed E-state index contributed by atoms with van der Waals surface area (Å²) < 4.78 is 5.55. The summed E-state index contributed by atoms with van der Waals surface area (Å²) in [7, 11) is 0. The van der Waals surface area contributed by atoms with Gasteiger partial charge in [-0.25, -0.2) is 9.59 Å². The Labute approximate surface area is 183 Å². The van der Waals surface area contributed by atoms with Gasteiger partial charge in [0.2, 0.25) is 5.91 Å². The second-order valence-corrected chi connectivity index (χ2v) is 8.43. The van der Waals surface area contributed by atoms with Gasteiger partial charge in [0.25, 0.3) is 0 Å². The van der Waals surface area contributed by atoms with Gasteiger partial charge >= 0.3 is 12.1 Å². The number of urea groups is 2. The van der Waals surface area contributed by atoms with E-state index in [2.05, 4.69) is 21.3 Å². The van der Waals surface area contributed by atoms with Crippen LogP contribution >= 0.6 is 0 Å². The zero-order valence-corrected chi connectivity index (χ0v) is 18.3. The molecule has 2 aliphatic heterocycles. The highest BCUT2D eigenvalue weighted by Gasteiger charge is 2.29. The SMILES string of the molecule is CC(C)NC(=O)Nc1ccc(NC(=O)N2CCC[C@@H](C(=O)NC[C@@H]3CCCO3)C2)cc1. The predicted molar refractivity (Wildman–Crippen MR) is 119 cm³/mol. The molecule has 2 aliphatic rings. The third kappa shape index (κ3) is 7.13. The molecular weight excluding hydrogens is 398 g/mol. The molecule has 0 saturated carbocycles. The normalized spacial score (nSPS) is 20.9. The van der Waals surface area contributed by atoms with E-state index in [9.17, 15) is 14.4 Å². The van der Waals surface area contributed by atoms with Crippen molar-refractivity contribution in [3.63, 3.8) is 0 Å². The summed E-state index contributed by atoms with van der Waals surface area (Å²) in [5, 5.41) is 11.3. The number of likely N-dealkylation sites (tertiary alicyclic amines) is 1. The molecule has 4 N–H and O–H groups in total. The van der Waals surface area contributed by atoms with Crippen LogP contribution in [0.25, 0.3) is 0 Å². The monoisotopic (exact) mass is 431 g/mol. The molecule has 9 heteroatoms. The van der Waals surface area contributed by atoms with E-state index in [1.807, 2.05) is 13.8 Å². The lowest BCUT2D eigenvalue weighted by Crippen LogP contribution is -2.47. The Hall–Kier alpha value is -2.81. The van der Waals surface area contributed by atoms with Gasteiger partial charge in [0.1, 0.15) is 0 Å². The van der Waals surface area contributed by atoms with Crippen LogP contribution in [0.4, 0.5) is 21.0 Å². The molecule has 1 aromatic rings. The van der Waals surface area contributed by atoms with E-state index < -0.39 is 0 Å². The Morgan fingerprint density at radius 2 is 1.77 bits per heavy atom. The van der Waals surface area contributed by atoms with E-state index in [0.717, 1.165) is 32.3 Å². The predicted octanol–water partition coefficient (Wildman–Crippen LogP) is 2.76. The van der Waals surface area contributed by atoms with Gasteiger partial charge < -0.3 is 30.9 Å². The Kier molecular flexibility index (Phi) is 8.11. The lowest BCUT2D eigenvalue weighted by atomic mass is 9.97. The molecule has 0 radical (unpaired) electrons. The molecule has 31 heavy (non-hydrogen) atoms. The van der Waals surface area contributed by atoms with Gasteiger partial charge in [-0.1, -0.05) is 0 Å². The Morgan fingerprint density at radius 1 is 1.06 bits per heavy atom. The van der Waals surface area contributed by atoms with Gasteiger partial charge in [0, 0.05) is 43.7 Å². The highest BCUT2D eigenvalue weighted by Crippen LogP contribution is 2.19. The van der Waals surface area contributed by atoms with Crippen LogP contribution in [0.5, 0.6) is 0 Å². The molecule has 2 heterocycles. The molecule has 2 atom stereocenters. The van der Waals surface area contributed by atoms with Crippen molar-refractivity contribution in [3.05, 3.63) is 24.3 Å². The molecule has 5 amide bonds. The topological polar surface area (TPSA) is 112 Å². The summed E-state index contributed by atoms with van der Waals surface area (Å²) in [5.74, 6) is -0.213. The molecule has 0 spiro atoms. The van der Waals surface area contributed by atoms with Crippen molar-refractivity contribution in [2.24, 2.45) is 5.92 Å². The number of amides is 5. The lowest BCUT2D eigenvalue weighted by molar-refractivity contribution is -0.126. The van der Waals surface area contributed by atoms with Gasteiger partial charge in [-0.15, -0.1) is 0 Å². The molecule has 2 saturated heterocycles. The third-order valence-electron chi connectivity index (χ3n) is 5.42. The van der Waals surface area contributed by atoms with Crippen molar-refractivity contribution in [2.75, 3.05) is 36.9 Å². The number of nitrogens with zero attached hydrogens (tertiary/aromatic N) is 1. The van der Waals surface area contributed by atoms with Gasteiger partial charge in [0.05, 0.1) is 12.0 Å². The number of nitrogens with one attached hydrogen (secondary N) is 4. The van der Waals surface area contributed by atoms with Crippen molar-refractivity contribution in [3.8, 4) is 0 Å². The summed E-state index contributed by atoms with van der Waals surface area (Å²) in [6.45, 7) is 6.10. The van der Waals surface area contributed by atoms with E-state index in [1.54, 1.807) is 29.2 Å². The van der Waals surface area contributed by atoms with Crippen molar-refractivity contribution in [2.45, 2.75) is 51.7 Å². The molecule has 170 valence electrons. The lowest BCUT2D eigenvalue weighted by Gasteiger charge is -2.32. The maximum atomic E-state index is 12.7. The van der Waals surface area contributed by atoms with Gasteiger partial charge in [-0.2, -0.15) is 0 Å². The first kappa shape index (κ1) is 22.9. The minimum absolute atomic E-state index is 0.0110. The number of piperidine rings is 1. The number of rotatable bonds is 6. The van der Waals surface area contributed by atoms with Crippen LogP contribution in [0.2, 0.25) is 0 Å². The van der Waals surface area contributed by atoms with E-state index >= 15 is 0 Å².